The van der Waals surface area contributed by atoms with Gasteiger partial charge < -0.3 is 15.2 Å². The summed E-state index contributed by atoms with van der Waals surface area (Å²) in [4.78, 5) is 0. The largest absolute Gasteiger partial charge is 0.493 e. The van der Waals surface area contributed by atoms with Crippen LogP contribution in [0.1, 0.15) is 18.9 Å². The van der Waals surface area contributed by atoms with Crippen LogP contribution in [0.3, 0.4) is 0 Å². The number of halogens is 1. The Morgan fingerprint density at radius 3 is 2.78 bits per heavy atom. The monoisotopic (exact) mass is 267 g/mol. The van der Waals surface area contributed by atoms with E-state index in [1.807, 2.05) is 13.0 Å². The molecule has 1 atom stereocenters. The van der Waals surface area contributed by atoms with Crippen molar-refractivity contribution in [2.45, 2.75) is 25.8 Å². The number of hydrogen-bond acceptors (Lipinski definition) is 3. The van der Waals surface area contributed by atoms with E-state index in [1.165, 1.54) is 0 Å². The number of methoxy groups -OCH3 is 1. The zero-order valence-electron chi connectivity index (χ0n) is 10.7. The van der Waals surface area contributed by atoms with Crippen LogP contribution in [-0.2, 0) is 6.42 Å². The second kappa shape index (κ2) is 7.15. The molecule has 0 aliphatic heterocycles. The average Bonchev–Trinajstić information content (AvgIpc) is 2.36. The highest BCUT2D eigenvalue weighted by Gasteiger charge is 2.14. The van der Waals surface area contributed by atoms with Gasteiger partial charge in [0, 0.05) is 22.7 Å². The fraction of sp³-hybridized carbons (Fsp3) is 0.429. The van der Waals surface area contributed by atoms with Gasteiger partial charge in [-0.15, -0.1) is 6.42 Å². The van der Waals surface area contributed by atoms with Crippen molar-refractivity contribution in [1.29, 1.82) is 0 Å². The third kappa shape index (κ3) is 3.83. The number of hydrogen-bond donors (Lipinski definition) is 1. The predicted molar refractivity (Wildman–Crippen MR) is 74.3 cm³/mol. The summed E-state index contributed by atoms with van der Waals surface area (Å²) in [6, 6.07) is 3.60. The Balaban J connectivity index is 3.11. The standard InChI is InChI=1S/C14H18ClNO2/c1-4-6-18-14-10(8-12(16)5-2)7-11(15)9-13(14)17-3/h1,7,9,12H,5-6,8,16H2,2-3H3. The molecule has 2 N–H and O–H groups in total. The minimum atomic E-state index is 0.0568. The molecule has 1 aromatic rings. The van der Waals surface area contributed by atoms with Gasteiger partial charge in [0.1, 0.15) is 6.61 Å². The quantitative estimate of drug-likeness (QED) is 0.806. The van der Waals surface area contributed by atoms with Gasteiger partial charge in [-0.25, -0.2) is 0 Å². The number of terminal acetylenes is 1. The van der Waals surface area contributed by atoms with Gasteiger partial charge in [0.05, 0.1) is 7.11 Å². The van der Waals surface area contributed by atoms with Crippen LogP contribution in [0.15, 0.2) is 12.1 Å². The van der Waals surface area contributed by atoms with Crippen molar-refractivity contribution in [2.75, 3.05) is 13.7 Å². The molecule has 0 saturated carbocycles. The van der Waals surface area contributed by atoms with Gasteiger partial charge in [-0.2, -0.15) is 0 Å². The van der Waals surface area contributed by atoms with Gasteiger partial charge in [0.2, 0.25) is 0 Å². The fourth-order valence-electron chi connectivity index (χ4n) is 1.63. The molecule has 0 aliphatic rings. The smallest absolute Gasteiger partial charge is 0.165 e. The molecule has 3 nitrogen and oxygen atoms in total. The van der Waals surface area contributed by atoms with Crippen molar-refractivity contribution in [2.24, 2.45) is 5.73 Å². The summed E-state index contributed by atoms with van der Waals surface area (Å²) >= 11 is 6.04. The molecule has 4 heteroatoms. The normalized spacial score (nSPS) is 11.7. The molecular weight excluding hydrogens is 250 g/mol. The molecular formula is C14H18ClNO2. The average molecular weight is 268 g/mol. The van der Waals surface area contributed by atoms with Crippen LogP contribution < -0.4 is 15.2 Å². The Morgan fingerprint density at radius 2 is 2.22 bits per heavy atom. The topological polar surface area (TPSA) is 44.5 Å². The van der Waals surface area contributed by atoms with E-state index in [4.69, 9.17) is 33.2 Å². The van der Waals surface area contributed by atoms with Gasteiger partial charge in [-0.1, -0.05) is 24.4 Å². The molecule has 1 unspecified atom stereocenters. The Kier molecular flexibility index (Phi) is 5.84. The van der Waals surface area contributed by atoms with E-state index >= 15 is 0 Å². The van der Waals surface area contributed by atoms with E-state index in [2.05, 4.69) is 5.92 Å². The zero-order chi connectivity index (χ0) is 13.5. The van der Waals surface area contributed by atoms with Gasteiger partial charge in [0.15, 0.2) is 11.5 Å². The number of nitrogens with two attached hydrogens (primary N) is 1. The number of rotatable bonds is 6. The number of benzene rings is 1. The van der Waals surface area contributed by atoms with E-state index in [0.717, 1.165) is 12.0 Å². The van der Waals surface area contributed by atoms with Crippen molar-refractivity contribution in [3.63, 3.8) is 0 Å². The molecule has 0 amide bonds. The highest BCUT2D eigenvalue weighted by atomic mass is 35.5. The summed E-state index contributed by atoms with van der Waals surface area (Å²) in [6.45, 7) is 2.22. The van der Waals surface area contributed by atoms with Crippen LogP contribution in [0.25, 0.3) is 0 Å². The van der Waals surface area contributed by atoms with Gasteiger partial charge in [-0.05, 0) is 18.9 Å². The van der Waals surface area contributed by atoms with E-state index in [-0.39, 0.29) is 12.6 Å². The summed E-state index contributed by atoms with van der Waals surface area (Å²) in [6.07, 6.45) is 6.76. The van der Waals surface area contributed by atoms with Crippen LogP contribution in [0, 0.1) is 12.3 Å². The molecule has 0 radical (unpaired) electrons. The second-order valence-corrected chi connectivity index (χ2v) is 4.40. The molecule has 1 aromatic carbocycles. The lowest BCUT2D eigenvalue weighted by Gasteiger charge is -2.16. The van der Waals surface area contributed by atoms with Crippen molar-refractivity contribution in [3.8, 4) is 23.8 Å². The maximum atomic E-state index is 6.04. The Labute approximate surface area is 113 Å². The van der Waals surface area contributed by atoms with Crippen LogP contribution in [0.5, 0.6) is 11.5 Å². The van der Waals surface area contributed by atoms with Crippen molar-refractivity contribution in [3.05, 3.63) is 22.7 Å². The lowest BCUT2D eigenvalue weighted by Crippen LogP contribution is -2.22. The molecule has 0 spiro atoms. The summed E-state index contributed by atoms with van der Waals surface area (Å²) < 4.78 is 10.8. The first-order chi connectivity index (χ1) is 8.62. The molecule has 18 heavy (non-hydrogen) atoms. The second-order valence-electron chi connectivity index (χ2n) is 3.96. The fourth-order valence-corrected chi connectivity index (χ4v) is 1.86. The zero-order valence-corrected chi connectivity index (χ0v) is 11.5. The first kappa shape index (κ1) is 14.7. The highest BCUT2D eigenvalue weighted by Crippen LogP contribution is 2.35. The summed E-state index contributed by atoms with van der Waals surface area (Å²) in [5.41, 5.74) is 6.88. The Bertz CT molecular complexity index is 440. The van der Waals surface area contributed by atoms with E-state index in [0.29, 0.717) is 22.9 Å². The highest BCUT2D eigenvalue weighted by molar-refractivity contribution is 6.30. The minimum Gasteiger partial charge on any atom is -0.493 e. The molecule has 0 fully saturated rings. The summed E-state index contributed by atoms with van der Waals surface area (Å²) in [5, 5.41) is 0.596. The van der Waals surface area contributed by atoms with Crippen LogP contribution in [0.4, 0.5) is 0 Å². The Hall–Kier alpha value is -1.37. The van der Waals surface area contributed by atoms with Crippen LogP contribution in [0.2, 0.25) is 5.02 Å². The van der Waals surface area contributed by atoms with Gasteiger partial charge in [0.25, 0.3) is 0 Å². The lowest BCUT2D eigenvalue weighted by atomic mass is 10.0. The molecule has 0 saturated heterocycles. The van der Waals surface area contributed by atoms with Crippen molar-refractivity contribution < 1.29 is 9.47 Å². The van der Waals surface area contributed by atoms with Crippen LogP contribution >= 0.6 is 11.6 Å². The maximum absolute atomic E-state index is 6.04. The molecule has 0 aliphatic carbocycles. The first-order valence-corrected chi connectivity index (χ1v) is 6.18. The summed E-state index contributed by atoms with van der Waals surface area (Å²) in [5.74, 6) is 3.64. The summed E-state index contributed by atoms with van der Waals surface area (Å²) in [7, 11) is 1.57. The van der Waals surface area contributed by atoms with E-state index < -0.39 is 0 Å². The third-order valence-corrected chi connectivity index (χ3v) is 2.84. The lowest BCUT2D eigenvalue weighted by molar-refractivity contribution is 0.326. The van der Waals surface area contributed by atoms with E-state index in [1.54, 1.807) is 13.2 Å². The Morgan fingerprint density at radius 1 is 1.50 bits per heavy atom. The third-order valence-electron chi connectivity index (χ3n) is 2.62. The number of ether oxygens (including phenoxy) is 2. The van der Waals surface area contributed by atoms with Crippen LogP contribution in [-0.4, -0.2) is 19.8 Å². The van der Waals surface area contributed by atoms with Gasteiger partial charge in [-0.3, -0.25) is 0 Å². The minimum absolute atomic E-state index is 0.0568. The predicted octanol–water partition coefficient (Wildman–Crippen LogP) is 2.64. The van der Waals surface area contributed by atoms with Crippen molar-refractivity contribution >= 4 is 11.6 Å². The molecule has 0 heterocycles. The van der Waals surface area contributed by atoms with Crippen molar-refractivity contribution in [1.82, 2.24) is 0 Å². The van der Waals surface area contributed by atoms with Gasteiger partial charge >= 0.3 is 0 Å². The van der Waals surface area contributed by atoms with E-state index in [9.17, 15) is 0 Å². The molecule has 0 bridgehead atoms. The molecule has 1 rings (SSSR count). The first-order valence-electron chi connectivity index (χ1n) is 5.80. The molecule has 98 valence electrons. The maximum Gasteiger partial charge on any atom is 0.165 e. The SMILES string of the molecule is C#CCOc1c(CC(N)CC)cc(Cl)cc1OC. The molecule has 0 aromatic heterocycles.